The second kappa shape index (κ2) is 5.10. The Kier molecular flexibility index (Phi) is 3.79. The van der Waals surface area contributed by atoms with E-state index in [0.29, 0.717) is 12.1 Å². The molecule has 0 amide bonds. The van der Waals surface area contributed by atoms with Gasteiger partial charge >= 0.3 is 0 Å². The Morgan fingerprint density at radius 3 is 3.07 bits per heavy atom. The minimum Gasteiger partial charge on any atom is -0.377 e. The van der Waals surface area contributed by atoms with Gasteiger partial charge in [0.25, 0.3) is 0 Å². The van der Waals surface area contributed by atoms with Crippen LogP contribution in [0.3, 0.4) is 0 Å². The van der Waals surface area contributed by atoms with Crippen molar-refractivity contribution in [1.82, 2.24) is 10.2 Å². The van der Waals surface area contributed by atoms with Gasteiger partial charge in [-0.2, -0.15) is 0 Å². The molecule has 0 aromatic carbocycles. The van der Waals surface area contributed by atoms with Gasteiger partial charge < -0.3 is 10.1 Å². The molecule has 2 saturated heterocycles. The summed E-state index contributed by atoms with van der Waals surface area (Å²) in [6, 6.07) is 0.685. The molecule has 0 aliphatic carbocycles. The highest BCUT2D eigenvalue weighted by atomic mass is 16.5. The summed E-state index contributed by atoms with van der Waals surface area (Å²) in [5.41, 5.74) is 0. The highest BCUT2D eigenvalue weighted by Gasteiger charge is 2.20. The van der Waals surface area contributed by atoms with E-state index < -0.39 is 0 Å². The molecule has 0 saturated carbocycles. The van der Waals surface area contributed by atoms with Crippen molar-refractivity contribution in [2.75, 3.05) is 32.8 Å². The van der Waals surface area contributed by atoms with E-state index in [1.807, 2.05) is 0 Å². The Morgan fingerprint density at radius 2 is 2.29 bits per heavy atom. The normalized spacial score (nSPS) is 35.8. The first-order valence-electron chi connectivity index (χ1n) is 5.92. The van der Waals surface area contributed by atoms with Crippen LogP contribution in [0.4, 0.5) is 0 Å². The molecule has 0 spiro atoms. The van der Waals surface area contributed by atoms with Crippen LogP contribution in [0.5, 0.6) is 0 Å². The first-order chi connectivity index (χ1) is 6.84. The molecule has 2 atom stereocenters. The van der Waals surface area contributed by atoms with Gasteiger partial charge in [-0.1, -0.05) is 0 Å². The molecule has 2 aliphatic heterocycles. The fourth-order valence-electron chi connectivity index (χ4n) is 2.32. The van der Waals surface area contributed by atoms with Crippen molar-refractivity contribution in [2.24, 2.45) is 0 Å². The molecule has 2 heterocycles. The predicted octanol–water partition coefficient (Wildman–Crippen LogP) is 0.849. The van der Waals surface area contributed by atoms with E-state index in [0.717, 1.165) is 19.7 Å². The van der Waals surface area contributed by atoms with E-state index in [2.05, 4.69) is 17.1 Å². The topological polar surface area (TPSA) is 24.5 Å². The molecule has 0 bridgehead atoms. The number of ether oxygens (including phenoxy) is 1. The Balaban J connectivity index is 1.73. The summed E-state index contributed by atoms with van der Waals surface area (Å²) in [6.45, 7) is 7.95. The first-order valence-corrected chi connectivity index (χ1v) is 5.92. The number of nitrogens with one attached hydrogen (secondary N) is 1. The fourth-order valence-corrected chi connectivity index (χ4v) is 2.32. The third-order valence-electron chi connectivity index (χ3n) is 3.28. The molecule has 82 valence electrons. The summed E-state index contributed by atoms with van der Waals surface area (Å²) in [6.07, 6.45) is 4.31. The van der Waals surface area contributed by atoms with E-state index in [-0.39, 0.29) is 0 Å². The van der Waals surface area contributed by atoms with Crippen molar-refractivity contribution < 1.29 is 4.74 Å². The Hall–Kier alpha value is -0.120. The van der Waals surface area contributed by atoms with Crippen LogP contribution in [0.15, 0.2) is 0 Å². The van der Waals surface area contributed by atoms with E-state index in [1.54, 1.807) is 0 Å². The van der Waals surface area contributed by atoms with Crippen LogP contribution in [0.2, 0.25) is 0 Å². The van der Waals surface area contributed by atoms with Gasteiger partial charge in [-0.25, -0.2) is 0 Å². The van der Waals surface area contributed by atoms with Gasteiger partial charge in [0.2, 0.25) is 0 Å². The highest BCUT2D eigenvalue weighted by molar-refractivity contribution is 4.75. The van der Waals surface area contributed by atoms with Crippen molar-refractivity contribution in [3.05, 3.63) is 0 Å². The highest BCUT2D eigenvalue weighted by Crippen LogP contribution is 2.14. The van der Waals surface area contributed by atoms with Crippen LogP contribution < -0.4 is 5.32 Å². The lowest BCUT2D eigenvalue weighted by atomic mass is 10.2. The standard InChI is InChI=1S/C11H22N2O/c1-10-4-6-13(7-5-12-10)9-11-3-2-8-14-11/h10-12H,2-9H2,1H3. The van der Waals surface area contributed by atoms with E-state index in [1.165, 1.54) is 32.4 Å². The smallest absolute Gasteiger partial charge is 0.0702 e. The van der Waals surface area contributed by atoms with E-state index >= 15 is 0 Å². The zero-order valence-corrected chi connectivity index (χ0v) is 9.17. The number of rotatable bonds is 2. The van der Waals surface area contributed by atoms with Crippen molar-refractivity contribution in [2.45, 2.75) is 38.3 Å². The quantitative estimate of drug-likeness (QED) is 0.712. The molecule has 3 heteroatoms. The maximum atomic E-state index is 5.66. The molecule has 14 heavy (non-hydrogen) atoms. The average Bonchev–Trinajstić information content (AvgIpc) is 2.58. The molecular weight excluding hydrogens is 176 g/mol. The van der Waals surface area contributed by atoms with Gasteiger partial charge in [-0.3, -0.25) is 4.90 Å². The fraction of sp³-hybridized carbons (Fsp3) is 1.00. The van der Waals surface area contributed by atoms with Crippen molar-refractivity contribution in [1.29, 1.82) is 0 Å². The minimum absolute atomic E-state index is 0.517. The van der Waals surface area contributed by atoms with Crippen LogP contribution >= 0.6 is 0 Å². The molecule has 1 N–H and O–H groups in total. The van der Waals surface area contributed by atoms with Crippen LogP contribution in [0.25, 0.3) is 0 Å². The largest absolute Gasteiger partial charge is 0.377 e. The second-order valence-corrected chi connectivity index (χ2v) is 4.58. The summed E-state index contributed by atoms with van der Waals surface area (Å²) in [4.78, 5) is 2.55. The van der Waals surface area contributed by atoms with Crippen molar-refractivity contribution in [3.8, 4) is 0 Å². The molecular formula is C11H22N2O. The van der Waals surface area contributed by atoms with Gasteiger partial charge in [0.1, 0.15) is 0 Å². The zero-order chi connectivity index (χ0) is 9.80. The average molecular weight is 198 g/mol. The minimum atomic E-state index is 0.517. The summed E-state index contributed by atoms with van der Waals surface area (Å²) in [7, 11) is 0. The van der Waals surface area contributed by atoms with Gasteiger partial charge in [0, 0.05) is 32.3 Å². The molecule has 2 unspecified atom stereocenters. The van der Waals surface area contributed by atoms with Crippen LogP contribution in [-0.4, -0.2) is 49.8 Å². The first kappa shape index (κ1) is 10.4. The van der Waals surface area contributed by atoms with Crippen LogP contribution in [-0.2, 0) is 4.74 Å². The van der Waals surface area contributed by atoms with Gasteiger partial charge in [-0.05, 0) is 32.7 Å². The van der Waals surface area contributed by atoms with Gasteiger partial charge in [0.15, 0.2) is 0 Å². The molecule has 0 aromatic heterocycles. The van der Waals surface area contributed by atoms with Crippen molar-refractivity contribution in [3.63, 3.8) is 0 Å². The second-order valence-electron chi connectivity index (χ2n) is 4.58. The molecule has 2 rings (SSSR count). The summed E-state index contributed by atoms with van der Waals surface area (Å²) in [5.74, 6) is 0. The predicted molar refractivity (Wildman–Crippen MR) is 57.5 cm³/mol. The lowest BCUT2D eigenvalue weighted by Crippen LogP contribution is -2.34. The molecule has 2 fully saturated rings. The molecule has 0 radical (unpaired) electrons. The Labute approximate surface area is 86.8 Å². The van der Waals surface area contributed by atoms with Crippen LogP contribution in [0, 0.1) is 0 Å². The van der Waals surface area contributed by atoms with E-state index in [9.17, 15) is 0 Å². The molecule has 0 aromatic rings. The SMILES string of the molecule is CC1CCN(CC2CCCO2)CCN1. The molecule has 3 nitrogen and oxygen atoms in total. The number of nitrogens with zero attached hydrogens (tertiary/aromatic N) is 1. The number of hydrogen-bond acceptors (Lipinski definition) is 3. The van der Waals surface area contributed by atoms with E-state index in [4.69, 9.17) is 4.74 Å². The lowest BCUT2D eigenvalue weighted by molar-refractivity contribution is 0.0751. The Morgan fingerprint density at radius 1 is 1.36 bits per heavy atom. The third-order valence-corrected chi connectivity index (χ3v) is 3.28. The monoisotopic (exact) mass is 198 g/mol. The summed E-state index contributed by atoms with van der Waals surface area (Å²) in [5, 5.41) is 3.52. The third kappa shape index (κ3) is 2.94. The van der Waals surface area contributed by atoms with Gasteiger partial charge in [0.05, 0.1) is 6.10 Å². The zero-order valence-electron chi connectivity index (χ0n) is 9.17. The Bertz CT molecular complexity index is 169. The van der Waals surface area contributed by atoms with Gasteiger partial charge in [-0.15, -0.1) is 0 Å². The summed E-state index contributed by atoms with van der Waals surface area (Å²) >= 11 is 0. The lowest BCUT2D eigenvalue weighted by Gasteiger charge is -2.22. The van der Waals surface area contributed by atoms with Crippen LogP contribution in [0.1, 0.15) is 26.2 Å². The number of hydrogen-bond donors (Lipinski definition) is 1. The maximum Gasteiger partial charge on any atom is 0.0702 e. The van der Waals surface area contributed by atoms with Crippen molar-refractivity contribution >= 4 is 0 Å². The molecule has 2 aliphatic rings. The summed E-state index contributed by atoms with van der Waals surface area (Å²) < 4.78 is 5.66. The maximum absolute atomic E-state index is 5.66.